The van der Waals surface area contributed by atoms with Crippen LogP contribution < -0.4 is 15.5 Å². The molecule has 1 saturated carbocycles. The molecule has 4 heterocycles. The summed E-state index contributed by atoms with van der Waals surface area (Å²) in [5.41, 5.74) is 5.02. The van der Waals surface area contributed by atoms with Gasteiger partial charge in [0.25, 0.3) is 0 Å². The minimum atomic E-state index is 0.582. The normalized spacial score (nSPS) is 16.3. The topological polar surface area (TPSA) is 78.9 Å². The lowest BCUT2D eigenvalue weighted by atomic mass is 10.1. The van der Waals surface area contributed by atoms with Crippen LogP contribution in [-0.4, -0.2) is 46.1 Å². The van der Waals surface area contributed by atoms with Gasteiger partial charge in [0, 0.05) is 55.2 Å². The van der Waals surface area contributed by atoms with Crippen LogP contribution in [0.4, 0.5) is 17.2 Å². The number of pyridine rings is 2. The molecular formula is C25H25N7. The first-order valence-electron chi connectivity index (χ1n) is 11.2. The molecule has 3 aromatic heterocycles. The van der Waals surface area contributed by atoms with Gasteiger partial charge in [0.2, 0.25) is 0 Å². The van der Waals surface area contributed by atoms with Gasteiger partial charge in [0.1, 0.15) is 5.82 Å². The highest BCUT2D eigenvalue weighted by atomic mass is 15.2. The van der Waals surface area contributed by atoms with Crippen LogP contribution in [0.15, 0.2) is 61.2 Å². The summed E-state index contributed by atoms with van der Waals surface area (Å²) < 4.78 is 0. The average molecular weight is 424 g/mol. The largest absolute Gasteiger partial charge is 0.354 e. The number of hydrogen-bond acceptors (Lipinski definition) is 7. The summed E-state index contributed by atoms with van der Waals surface area (Å²) in [6.07, 6.45) is 9.97. The van der Waals surface area contributed by atoms with Crippen LogP contribution in [0.1, 0.15) is 24.3 Å². The Kier molecular flexibility index (Phi) is 4.88. The van der Waals surface area contributed by atoms with Gasteiger partial charge in [0.15, 0.2) is 5.82 Å². The number of benzene rings is 1. The van der Waals surface area contributed by atoms with Gasteiger partial charge >= 0.3 is 0 Å². The molecule has 1 aliphatic heterocycles. The Balaban J connectivity index is 1.51. The van der Waals surface area contributed by atoms with Crippen LogP contribution in [0.2, 0.25) is 0 Å². The molecular weight excluding hydrogens is 398 g/mol. The van der Waals surface area contributed by atoms with E-state index in [1.807, 2.05) is 55.0 Å². The van der Waals surface area contributed by atoms with Crippen molar-refractivity contribution < 1.29 is 0 Å². The maximum atomic E-state index is 5.16. The summed E-state index contributed by atoms with van der Waals surface area (Å²) in [6, 6.07) is 12.1. The predicted octanol–water partition coefficient (Wildman–Crippen LogP) is 4.12. The number of piperazine rings is 1. The second kappa shape index (κ2) is 8.16. The van der Waals surface area contributed by atoms with E-state index in [1.54, 1.807) is 6.20 Å². The molecule has 0 atom stereocenters. The van der Waals surface area contributed by atoms with Crippen molar-refractivity contribution in [2.75, 3.05) is 36.4 Å². The maximum absolute atomic E-state index is 5.16. The molecule has 160 valence electrons. The molecule has 2 N–H and O–H groups in total. The van der Waals surface area contributed by atoms with Crippen molar-refractivity contribution in [1.82, 2.24) is 25.3 Å². The first-order valence-corrected chi connectivity index (χ1v) is 11.2. The Morgan fingerprint density at radius 2 is 1.75 bits per heavy atom. The number of para-hydroxylation sites is 1. The van der Waals surface area contributed by atoms with Crippen LogP contribution >= 0.6 is 0 Å². The number of hydrogen-bond donors (Lipinski definition) is 2. The molecule has 1 aromatic carbocycles. The molecule has 6 rings (SSSR count). The fraction of sp³-hybridized carbons (Fsp3) is 0.280. The third-order valence-corrected chi connectivity index (χ3v) is 6.17. The van der Waals surface area contributed by atoms with E-state index in [-0.39, 0.29) is 0 Å². The first-order chi connectivity index (χ1) is 15.9. The molecule has 0 spiro atoms. The zero-order valence-corrected chi connectivity index (χ0v) is 17.8. The molecule has 2 aliphatic rings. The van der Waals surface area contributed by atoms with Gasteiger partial charge in [-0.2, -0.15) is 0 Å². The molecule has 1 saturated heterocycles. The summed E-state index contributed by atoms with van der Waals surface area (Å²) >= 11 is 0. The van der Waals surface area contributed by atoms with Gasteiger partial charge in [-0.05, 0) is 42.5 Å². The number of aromatic nitrogens is 4. The predicted molar refractivity (Wildman–Crippen MR) is 127 cm³/mol. The highest BCUT2D eigenvalue weighted by Gasteiger charge is 2.29. The Morgan fingerprint density at radius 1 is 0.906 bits per heavy atom. The Bertz CT molecular complexity index is 1250. The highest BCUT2D eigenvalue weighted by molar-refractivity contribution is 5.94. The fourth-order valence-corrected chi connectivity index (χ4v) is 4.38. The van der Waals surface area contributed by atoms with Gasteiger partial charge in [-0.1, -0.05) is 18.2 Å². The van der Waals surface area contributed by atoms with Crippen molar-refractivity contribution in [3.63, 3.8) is 0 Å². The summed E-state index contributed by atoms with van der Waals surface area (Å²) in [5.74, 6) is 2.30. The number of nitrogens with zero attached hydrogens (tertiary/aromatic N) is 5. The fourth-order valence-electron chi connectivity index (χ4n) is 4.38. The third-order valence-electron chi connectivity index (χ3n) is 6.17. The van der Waals surface area contributed by atoms with Crippen molar-refractivity contribution in [1.29, 1.82) is 0 Å². The van der Waals surface area contributed by atoms with Crippen LogP contribution in [0.3, 0.4) is 0 Å². The Labute approximate surface area is 187 Å². The lowest BCUT2D eigenvalue weighted by molar-refractivity contribution is 0.586. The van der Waals surface area contributed by atoms with E-state index in [4.69, 9.17) is 9.97 Å². The van der Waals surface area contributed by atoms with E-state index in [0.717, 1.165) is 54.5 Å². The zero-order valence-electron chi connectivity index (χ0n) is 17.8. The van der Waals surface area contributed by atoms with Crippen molar-refractivity contribution >= 4 is 28.1 Å². The number of rotatable bonds is 5. The van der Waals surface area contributed by atoms with Crippen LogP contribution in [-0.2, 0) is 0 Å². The zero-order chi connectivity index (χ0) is 21.3. The minimum absolute atomic E-state index is 0.582. The van der Waals surface area contributed by atoms with Gasteiger partial charge in [-0.15, -0.1) is 0 Å². The molecule has 7 nitrogen and oxygen atoms in total. The van der Waals surface area contributed by atoms with E-state index in [0.29, 0.717) is 11.7 Å². The number of nitrogens with one attached hydrogen (secondary N) is 2. The van der Waals surface area contributed by atoms with E-state index in [9.17, 15) is 0 Å². The second-order valence-electron chi connectivity index (χ2n) is 8.42. The monoisotopic (exact) mass is 423 g/mol. The minimum Gasteiger partial charge on any atom is -0.354 e. The summed E-state index contributed by atoms with van der Waals surface area (Å²) in [7, 11) is 0. The van der Waals surface area contributed by atoms with E-state index in [1.165, 1.54) is 23.8 Å². The summed E-state index contributed by atoms with van der Waals surface area (Å²) in [4.78, 5) is 21.4. The summed E-state index contributed by atoms with van der Waals surface area (Å²) in [6.45, 7) is 3.79. The second-order valence-corrected chi connectivity index (χ2v) is 8.42. The van der Waals surface area contributed by atoms with Crippen molar-refractivity contribution in [2.24, 2.45) is 0 Å². The molecule has 0 radical (unpaired) electrons. The Morgan fingerprint density at radius 3 is 2.56 bits per heavy atom. The molecule has 32 heavy (non-hydrogen) atoms. The molecule has 0 unspecified atom stereocenters. The lowest BCUT2D eigenvalue weighted by Gasteiger charge is -2.30. The maximum Gasteiger partial charge on any atom is 0.164 e. The number of anilines is 3. The van der Waals surface area contributed by atoms with Crippen LogP contribution in [0.5, 0.6) is 0 Å². The van der Waals surface area contributed by atoms with E-state index in [2.05, 4.69) is 25.5 Å². The molecule has 1 aliphatic carbocycles. The molecule has 0 bridgehead atoms. The van der Waals surface area contributed by atoms with Crippen LogP contribution in [0.25, 0.3) is 22.3 Å². The van der Waals surface area contributed by atoms with Crippen molar-refractivity contribution in [2.45, 2.75) is 18.8 Å². The average Bonchev–Trinajstić information content (AvgIpc) is 3.70. The van der Waals surface area contributed by atoms with Crippen molar-refractivity contribution in [3.8, 4) is 11.4 Å². The number of fused-ring (bicyclic) bond motifs is 1. The molecule has 4 aromatic rings. The van der Waals surface area contributed by atoms with Gasteiger partial charge in [0.05, 0.1) is 23.6 Å². The van der Waals surface area contributed by atoms with E-state index < -0.39 is 0 Å². The highest BCUT2D eigenvalue weighted by Crippen LogP contribution is 2.45. The lowest BCUT2D eigenvalue weighted by Crippen LogP contribution is -2.44. The summed E-state index contributed by atoms with van der Waals surface area (Å²) in [5, 5.41) is 8.09. The third kappa shape index (κ3) is 3.65. The standard InChI is InChI=1S/C25H25N7/c1-2-4-18(5-3-1)29-21-15-27-9-8-19(21)24-30-22-16-28-14-20(17-6-7-17)23(22)25(31-24)32-12-10-26-11-13-32/h1-5,8-9,14-17,26,29H,6-7,10-13H2. The van der Waals surface area contributed by atoms with Gasteiger partial charge in [-0.3, -0.25) is 9.97 Å². The van der Waals surface area contributed by atoms with Gasteiger partial charge < -0.3 is 15.5 Å². The molecule has 2 fully saturated rings. The smallest absolute Gasteiger partial charge is 0.164 e. The molecule has 7 heteroatoms. The molecule has 0 amide bonds. The Hall–Kier alpha value is -3.58. The van der Waals surface area contributed by atoms with E-state index >= 15 is 0 Å². The quantitative estimate of drug-likeness (QED) is 0.500. The van der Waals surface area contributed by atoms with Gasteiger partial charge in [-0.25, -0.2) is 9.97 Å². The van der Waals surface area contributed by atoms with Crippen molar-refractivity contribution in [3.05, 3.63) is 66.7 Å². The SMILES string of the molecule is c1ccc(Nc2cnccc2-c2nc(N3CCNCC3)c3c(C4CC4)cncc3n2)cc1. The van der Waals surface area contributed by atoms with Crippen LogP contribution in [0, 0.1) is 0 Å². The first kappa shape index (κ1) is 19.1.